The van der Waals surface area contributed by atoms with E-state index < -0.39 is 0 Å². The average Bonchev–Trinajstić information content (AvgIpc) is 2.16. The molecule has 0 unspecified atom stereocenters. The maximum atomic E-state index is 11.5. The average molecular weight is 187 g/mol. The molecule has 0 atom stereocenters. The van der Waals surface area contributed by atoms with Crippen molar-refractivity contribution in [1.29, 1.82) is 0 Å². The van der Waals surface area contributed by atoms with Gasteiger partial charge in [-0.05, 0) is 24.6 Å². The third kappa shape index (κ3) is 1.43. The van der Waals surface area contributed by atoms with Gasteiger partial charge < -0.3 is 4.57 Å². The highest BCUT2D eigenvalue weighted by atomic mass is 16.1. The second kappa shape index (κ2) is 3.29. The molecular weight excluding hydrogens is 174 g/mol. The van der Waals surface area contributed by atoms with E-state index in [9.17, 15) is 4.79 Å². The normalized spacial score (nSPS) is 10.7. The van der Waals surface area contributed by atoms with Gasteiger partial charge in [-0.2, -0.15) is 0 Å². The molecule has 2 nitrogen and oxygen atoms in total. The summed E-state index contributed by atoms with van der Waals surface area (Å²) in [5.74, 6) is 0. The van der Waals surface area contributed by atoms with E-state index in [1.54, 1.807) is 10.6 Å². The smallest absolute Gasteiger partial charge is 0.251 e. The Hall–Kier alpha value is -1.57. The monoisotopic (exact) mass is 187 g/mol. The first kappa shape index (κ1) is 9.00. The van der Waals surface area contributed by atoms with Gasteiger partial charge in [0, 0.05) is 18.8 Å². The Balaban J connectivity index is 2.79. The molecule has 0 saturated carbocycles. The summed E-state index contributed by atoms with van der Waals surface area (Å²) < 4.78 is 1.72. The minimum Gasteiger partial charge on any atom is -0.315 e. The van der Waals surface area contributed by atoms with Gasteiger partial charge in [-0.25, -0.2) is 0 Å². The van der Waals surface area contributed by atoms with Crippen molar-refractivity contribution in [2.24, 2.45) is 0 Å². The largest absolute Gasteiger partial charge is 0.315 e. The first-order valence-electron chi connectivity index (χ1n) is 4.81. The Kier molecular flexibility index (Phi) is 2.12. The van der Waals surface area contributed by atoms with E-state index >= 15 is 0 Å². The number of benzene rings is 1. The van der Waals surface area contributed by atoms with E-state index in [1.165, 1.54) is 5.56 Å². The molecule has 0 radical (unpaired) electrons. The molecule has 1 aromatic carbocycles. The molecule has 0 spiro atoms. The van der Waals surface area contributed by atoms with Crippen LogP contribution in [-0.4, -0.2) is 4.57 Å². The van der Waals surface area contributed by atoms with Gasteiger partial charge in [-0.15, -0.1) is 0 Å². The van der Waals surface area contributed by atoms with E-state index in [0.717, 1.165) is 17.3 Å². The van der Waals surface area contributed by atoms with Crippen molar-refractivity contribution >= 4 is 10.8 Å². The lowest BCUT2D eigenvalue weighted by Gasteiger charge is -2.04. The van der Waals surface area contributed by atoms with Crippen LogP contribution in [0.25, 0.3) is 10.8 Å². The van der Waals surface area contributed by atoms with Crippen LogP contribution in [-0.2, 0) is 6.54 Å². The van der Waals surface area contributed by atoms with Crippen LogP contribution in [0.3, 0.4) is 0 Å². The molecule has 0 amide bonds. The molecule has 0 aliphatic heterocycles. The summed E-state index contributed by atoms with van der Waals surface area (Å²) in [5.41, 5.74) is 1.26. The number of rotatable bonds is 1. The van der Waals surface area contributed by atoms with Crippen molar-refractivity contribution < 1.29 is 0 Å². The predicted octanol–water partition coefficient (Wildman–Crippen LogP) is 2.33. The Bertz CT molecular complexity index is 525. The summed E-state index contributed by atoms with van der Waals surface area (Å²) in [6.07, 6.45) is 1.91. The van der Waals surface area contributed by atoms with Crippen molar-refractivity contribution in [3.8, 4) is 0 Å². The van der Waals surface area contributed by atoms with Gasteiger partial charge in [0.15, 0.2) is 0 Å². The fraction of sp³-hybridized carbons (Fsp3) is 0.250. The third-order valence-corrected chi connectivity index (χ3v) is 2.44. The minimum atomic E-state index is 0.0746. The standard InChI is InChI=1S/C12H13NO/c1-3-13-8-10-5-4-9(2)6-11(10)7-12(13)14/h4-8H,3H2,1-2H3. The van der Waals surface area contributed by atoms with Gasteiger partial charge >= 0.3 is 0 Å². The number of pyridine rings is 1. The lowest BCUT2D eigenvalue weighted by molar-refractivity contribution is 0.733. The van der Waals surface area contributed by atoms with Crippen molar-refractivity contribution in [3.63, 3.8) is 0 Å². The first-order valence-corrected chi connectivity index (χ1v) is 4.81. The summed E-state index contributed by atoms with van der Waals surface area (Å²) in [7, 11) is 0. The maximum Gasteiger partial charge on any atom is 0.251 e. The molecule has 2 rings (SSSR count). The number of aromatic nitrogens is 1. The summed E-state index contributed by atoms with van der Waals surface area (Å²) in [4.78, 5) is 11.5. The third-order valence-electron chi connectivity index (χ3n) is 2.44. The van der Waals surface area contributed by atoms with Crippen LogP contribution in [0.4, 0.5) is 0 Å². The Morgan fingerprint density at radius 3 is 2.71 bits per heavy atom. The minimum absolute atomic E-state index is 0.0746. The van der Waals surface area contributed by atoms with Crippen molar-refractivity contribution in [2.75, 3.05) is 0 Å². The number of aryl methyl sites for hydroxylation is 2. The van der Waals surface area contributed by atoms with Crippen molar-refractivity contribution in [3.05, 3.63) is 46.4 Å². The summed E-state index contributed by atoms with van der Waals surface area (Å²) in [5, 5.41) is 2.15. The molecule has 1 aromatic heterocycles. The fourth-order valence-corrected chi connectivity index (χ4v) is 1.63. The SMILES string of the molecule is CCn1cc2ccc(C)cc2cc1=O. The van der Waals surface area contributed by atoms with Crippen molar-refractivity contribution in [2.45, 2.75) is 20.4 Å². The highest BCUT2D eigenvalue weighted by Crippen LogP contribution is 2.12. The Morgan fingerprint density at radius 2 is 2.00 bits per heavy atom. The van der Waals surface area contributed by atoms with E-state index in [2.05, 4.69) is 12.1 Å². The van der Waals surface area contributed by atoms with Crippen LogP contribution in [0.2, 0.25) is 0 Å². The van der Waals surface area contributed by atoms with E-state index in [-0.39, 0.29) is 5.56 Å². The highest BCUT2D eigenvalue weighted by Gasteiger charge is 1.98. The van der Waals surface area contributed by atoms with Crippen LogP contribution in [0.1, 0.15) is 12.5 Å². The maximum absolute atomic E-state index is 11.5. The molecule has 2 aromatic rings. The number of hydrogen-bond acceptors (Lipinski definition) is 1. The molecule has 0 aliphatic carbocycles. The van der Waals surface area contributed by atoms with Gasteiger partial charge in [0.2, 0.25) is 0 Å². The summed E-state index contributed by atoms with van der Waals surface area (Å²) >= 11 is 0. The zero-order valence-corrected chi connectivity index (χ0v) is 8.45. The molecule has 2 heteroatoms. The van der Waals surface area contributed by atoms with E-state index in [1.807, 2.05) is 26.1 Å². The summed E-state index contributed by atoms with van der Waals surface area (Å²) in [6.45, 7) is 4.73. The quantitative estimate of drug-likeness (QED) is 0.671. The zero-order valence-electron chi connectivity index (χ0n) is 8.45. The summed E-state index contributed by atoms with van der Waals surface area (Å²) in [6, 6.07) is 7.85. The molecular formula is C12H13NO. The molecule has 14 heavy (non-hydrogen) atoms. The number of nitrogens with zero attached hydrogens (tertiary/aromatic N) is 1. The van der Waals surface area contributed by atoms with E-state index in [4.69, 9.17) is 0 Å². The molecule has 0 N–H and O–H groups in total. The van der Waals surface area contributed by atoms with Gasteiger partial charge in [-0.3, -0.25) is 4.79 Å². The first-order chi connectivity index (χ1) is 6.70. The lowest BCUT2D eigenvalue weighted by atomic mass is 10.1. The fourth-order valence-electron chi connectivity index (χ4n) is 1.63. The van der Waals surface area contributed by atoms with Gasteiger partial charge in [-0.1, -0.05) is 23.8 Å². The van der Waals surface area contributed by atoms with Crippen LogP contribution in [0, 0.1) is 6.92 Å². The highest BCUT2D eigenvalue weighted by molar-refractivity contribution is 5.82. The van der Waals surface area contributed by atoms with Gasteiger partial charge in [0.25, 0.3) is 5.56 Å². The molecule has 0 bridgehead atoms. The molecule has 0 saturated heterocycles. The van der Waals surface area contributed by atoms with Crippen LogP contribution < -0.4 is 5.56 Å². The Labute approximate surface area is 82.8 Å². The molecule has 72 valence electrons. The van der Waals surface area contributed by atoms with E-state index in [0.29, 0.717) is 0 Å². The van der Waals surface area contributed by atoms with Crippen LogP contribution in [0.5, 0.6) is 0 Å². The van der Waals surface area contributed by atoms with Crippen molar-refractivity contribution in [1.82, 2.24) is 4.57 Å². The Morgan fingerprint density at radius 1 is 1.21 bits per heavy atom. The van der Waals surface area contributed by atoms with Gasteiger partial charge in [0.1, 0.15) is 0 Å². The molecule has 0 fully saturated rings. The van der Waals surface area contributed by atoms with Gasteiger partial charge in [0.05, 0.1) is 0 Å². The predicted molar refractivity (Wildman–Crippen MR) is 58.6 cm³/mol. The topological polar surface area (TPSA) is 22.0 Å². The lowest BCUT2D eigenvalue weighted by Crippen LogP contribution is -2.16. The van der Waals surface area contributed by atoms with Crippen LogP contribution in [0.15, 0.2) is 35.3 Å². The number of fused-ring (bicyclic) bond motifs is 1. The number of hydrogen-bond donors (Lipinski definition) is 0. The molecule has 0 aliphatic rings. The van der Waals surface area contributed by atoms with Crippen LogP contribution >= 0.6 is 0 Å². The second-order valence-electron chi connectivity index (χ2n) is 3.53. The zero-order chi connectivity index (χ0) is 10.1. The molecule has 1 heterocycles. The second-order valence-corrected chi connectivity index (χ2v) is 3.53.